The number of anilines is 3. The molecule has 0 spiro atoms. The van der Waals surface area contributed by atoms with Gasteiger partial charge in [0.25, 0.3) is 5.91 Å². The minimum Gasteiger partial charge on any atom is -0.336 e. The minimum atomic E-state index is -4.90. The summed E-state index contributed by atoms with van der Waals surface area (Å²) in [4.78, 5) is 30.4. The van der Waals surface area contributed by atoms with Crippen molar-refractivity contribution in [3.63, 3.8) is 0 Å². The van der Waals surface area contributed by atoms with E-state index in [1.165, 1.54) is 12.3 Å². The molecule has 1 saturated heterocycles. The number of carbonyl (C=O) groups is 1. The monoisotopic (exact) mass is 603 g/mol. The number of nitrogens with one attached hydrogen (secondary N) is 2. The second kappa shape index (κ2) is 11.5. The lowest BCUT2D eigenvalue weighted by molar-refractivity contribution is -0.106. The maximum Gasteiger partial charge on any atom is 0.404 e. The van der Waals surface area contributed by atoms with Gasteiger partial charge in [-0.3, -0.25) is 14.4 Å². The molecule has 1 aromatic carbocycles. The molecule has 0 aliphatic carbocycles. The van der Waals surface area contributed by atoms with E-state index in [0.717, 1.165) is 53.5 Å². The van der Waals surface area contributed by atoms with Crippen molar-refractivity contribution in [3.8, 4) is 0 Å². The summed E-state index contributed by atoms with van der Waals surface area (Å²) >= 11 is 0. The van der Waals surface area contributed by atoms with E-state index < -0.39 is 22.0 Å². The Morgan fingerprint density at radius 2 is 1.83 bits per heavy atom. The van der Waals surface area contributed by atoms with Gasteiger partial charge in [0.2, 0.25) is 16.0 Å². The van der Waals surface area contributed by atoms with Crippen molar-refractivity contribution in [1.29, 1.82) is 0 Å². The summed E-state index contributed by atoms with van der Waals surface area (Å²) in [6, 6.07) is 8.88. The van der Waals surface area contributed by atoms with Gasteiger partial charge < -0.3 is 10.2 Å². The molecule has 4 heterocycles. The third-order valence-corrected chi connectivity index (χ3v) is 8.63. The van der Waals surface area contributed by atoms with Crippen molar-refractivity contribution in [2.45, 2.75) is 65.0 Å². The molecule has 10 nitrogen and oxygen atoms in total. The molecule has 3 aromatic rings. The van der Waals surface area contributed by atoms with Gasteiger partial charge in [-0.1, -0.05) is 6.07 Å². The number of pyridine rings is 1. The lowest BCUT2D eigenvalue weighted by Crippen LogP contribution is -2.50. The summed E-state index contributed by atoms with van der Waals surface area (Å²) in [5, 5.41) is 3.30. The molecule has 224 valence electrons. The number of amides is 1. The number of aryl methyl sites for hydroxylation is 2. The Labute approximate surface area is 242 Å². The molecule has 42 heavy (non-hydrogen) atoms. The fourth-order valence-electron chi connectivity index (χ4n) is 5.65. The predicted octanol–water partition coefficient (Wildman–Crippen LogP) is 4.54. The fraction of sp³-hybridized carbons (Fsp3) is 0.429. The number of benzene rings is 1. The Morgan fingerprint density at radius 1 is 1.10 bits per heavy atom. The average Bonchev–Trinajstić information content (AvgIpc) is 3.29. The molecular weight excluding hydrogens is 571 g/mol. The summed E-state index contributed by atoms with van der Waals surface area (Å²) in [6.07, 6.45) is -0.401. The van der Waals surface area contributed by atoms with Gasteiger partial charge in [-0.15, -0.1) is 0 Å². The van der Waals surface area contributed by atoms with Crippen LogP contribution in [0.1, 0.15) is 52.5 Å². The summed E-state index contributed by atoms with van der Waals surface area (Å²) in [5.41, 5.74) is 5.43. The number of fused-ring (bicyclic) bond motifs is 1. The van der Waals surface area contributed by atoms with Crippen LogP contribution in [0, 0.1) is 13.8 Å². The van der Waals surface area contributed by atoms with Crippen LogP contribution in [0.3, 0.4) is 0 Å². The van der Waals surface area contributed by atoms with Crippen LogP contribution in [-0.4, -0.2) is 69.6 Å². The second-order valence-electron chi connectivity index (χ2n) is 11.0. The summed E-state index contributed by atoms with van der Waals surface area (Å²) < 4.78 is 63.2. The molecule has 2 aliphatic heterocycles. The van der Waals surface area contributed by atoms with Gasteiger partial charge in [0, 0.05) is 60.9 Å². The number of aromatic nitrogens is 3. The summed E-state index contributed by atoms with van der Waals surface area (Å²) in [7, 11) is -4.71. The van der Waals surface area contributed by atoms with Crippen molar-refractivity contribution >= 4 is 33.4 Å². The second-order valence-corrected chi connectivity index (χ2v) is 12.7. The van der Waals surface area contributed by atoms with Gasteiger partial charge >= 0.3 is 6.18 Å². The maximum atomic E-state index is 13.3. The van der Waals surface area contributed by atoms with Crippen LogP contribution in [0.25, 0.3) is 0 Å². The molecule has 2 aromatic heterocycles. The molecule has 0 saturated carbocycles. The third kappa shape index (κ3) is 7.16. The lowest BCUT2D eigenvalue weighted by Gasteiger charge is -2.41. The molecule has 0 unspecified atom stereocenters. The normalized spacial score (nSPS) is 19.4. The van der Waals surface area contributed by atoms with E-state index in [4.69, 9.17) is 4.98 Å². The van der Waals surface area contributed by atoms with Crippen LogP contribution >= 0.6 is 0 Å². The maximum absolute atomic E-state index is 13.3. The average molecular weight is 604 g/mol. The Bertz CT molecular complexity index is 1580. The zero-order chi connectivity index (χ0) is 30.2. The number of alkyl halides is 3. The third-order valence-electron chi connectivity index (χ3n) is 7.40. The highest BCUT2D eigenvalue weighted by molar-refractivity contribution is 7.92. The van der Waals surface area contributed by atoms with Gasteiger partial charge in [0.15, 0.2) is 5.75 Å². The first-order valence-electron chi connectivity index (χ1n) is 13.5. The lowest BCUT2D eigenvalue weighted by atomic mass is 9.96. The zero-order valence-electron chi connectivity index (χ0n) is 23.4. The molecule has 2 aliphatic rings. The highest BCUT2D eigenvalue weighted by Crippen LogP contribution is 2.31. The highest BCUT2D eigenvalue weighted by atomic mass is 32.2. The fourth-order valence-corrected chi connectivity index (χ4v) is 6.58. The van der Waals surface area contributed by atoms with Gasteiger partial charge in [-0.25, -0.2) is 23.4 Å². The Hall–Kier alpha value is -3.78. The van der Waals surface area contributed by atoms with Crippen LogP contribution in [0.4, 0.5) is 30.6 Å². The Kier molecular flexibility index (Phi) is 8.12. The molecule has 1 amide bonds. The standard InChI is InChI=1S/C28H32F3N7O3S/c1-17-8-18(2)10-22(9-17)34-27-33-13-21-14-37(15-24(21)35-27)23-5-7-38(19(3)11-23)26(39)20-4-6-32-25(12-20)36-42(40,41)16-28(29,30)31/h4,6,8-10,12-13,19,23H,5,7,11,14-16H2,1-3H3,(H,32,36)(H,33,34,35)/t19-,23-/m1/s1. The van der Waals surface area contributed by atoms with E-state index in [0.29, 0.717) is 19.0 Å². The van der Waals surface area contributed by atoms with Gasteiger partial charge in [-0.05, 0) is 69.0 Å². The van der Waals surface area contributed by atoms with Crippen LogP contribution < -0.4 is 10.0 Å². The first-order valence-corrected chi connectivity index (χ1v) is 15.2. The van der Waals surface area contributed by atoms with Crippen molar-refractivity contribution in [2.24, 2.45) is 0 Å². The molecular formula is C28H32F3N7O3S. The molecule has 2 N–H and O–H groups in total. The quantitative estimate of drug-likeness (QED) is 0.404. The van der Waals surface area contributed by atoms with E-state index in [9.17, 15) is 26.4 Å². The van der Waals surface area contributed by atoms with E-state index in [2.05, 4.69) is 26.3 Å². The Morgan fingerprint density at radius 3 is 2.52 bits per heavy atom. The number of rotatable bonds is 7. The van der Waals surface area contributed by atoms with Crippen LogP contribution in [0.15, 0.2) is 42.7 Å². The Balaban J connectivity index is 1.20. The van der Waals surface area contributed by atoms with E-state index >= 15 is 0 Å². The van der Waals surface area contributed by atoms with E-state index in [-0.39, 0.29) is 29.4 Å². The number of carbonyl (C=O) groups excluding carboxylic acids is 1. The van der Waals surface area contributed by atoms with E-state index in [1.807, 2.05) is 43.8 Å². The molecule has 2 atom stereocenters. The number of nitrogens with zero attached hydrogens (tertiary/aromatic N) is 5. The van der Waals surface area contributed by atoms with Gasteiger partial charge in [-0.2, -0.15) is 13.2 Å². The predicted molar refractivity (Wildman–Crippen MR) is 152 cm³/mol. The van der Waals surface area contributed by atoms with Crippen LogP contribution in [-0.2, 0) is 23.1 Å². The van der Waals surface area contributed by atoms with Crippen molar-refractivity contribution in [1.82, 2.24) is 24.8 Å². The molecule has 0 bridgehead atoms. The van der Waals surface area contributed by atoms with Crippen molar-refractivity contribution < 1.29 is 26.4 Å². The largest absolute Gasteiger partial charge is 0.404 e. The molecule has 0 radical (unpaired) electrons. The minimum absolute atomic E-state index is 0.119. The number of sulfonamides is 1. The topological polar surface area (TPSA) is 120 Å². The van der Waals surface area contributed by atoms with Gasteiger partial charge in [0.05, 0.1) is 5.69 Å². The van der Waals surface area contributed by atoms with Crippen LogP contribution in [0.5, 0.6) is 0 Å². The zero-order valence-corrected chi connectivity index (χ0v) is 24.3. The number of halogens is 3. The smallest absolute Gasteiger partial charge is 0.336 e. The van der Waals surface area contributed by atoms with E-state index in [1.54, 1.807) is 4.90 Å². The number of hydrogen-bond acceptors (Lipinski definition) is 8. The molecule has 1 fully saturated rings. The molecule has 5 rings (SSSR count). The summed E-state index contributed by atoms with van der Waals surface area (Å²) in [6.45, 7) is 7.90. The summed E-state index contributed by atoms with van der Waals surface area (Å²) in [5.74, 6) is -2.17. The highest BCUT2D eigenvalue weighted by Gasteiger charge is 2.37. The SMILES string of the molecule is Cc1cc(C)cc(Nc2ncc3c(n2)CN([C@@H]2CCN(C(=O)c4ccnc(NS(=O)(=O)CC(F)(F)F)c4)[C@H](C)C2)C3)c1. The number of hydrogen-bond donors (Lipinski definition) is 2. The van der Waals surface area contributed by atoms with Crippen molar-refractivity contribution in [2.75, 3.05) is 22.3 Å². The number of piperidine rings is 1. The molecule has 14 heteroatoms. The first-order chi connectivity index (χ1) is 19.7. The van der Waals surface area contributed by atoms with Gasteiger partial charge in [0.1, 0.15) is 5.82 Å². The van der Waals surface area contributed by atoms with Crippen LogP contribution in [0.2, 0.25) is 0 Å². The number of likely N-dealkylation sites (tertiary alicyclic amines) is 1. The van der Waals surface area contributed by atoms with Crippen molar-refractivity contribution in [3.05, 3.63) is 70.7 Å². The first kappa shape index (κ1) is 29.7.